The lowest BCUT2D eigenvalue weighted by atomic mass is 9.77. The van der Waals surface area contributed by atoms with E-state index in [1.54, 1.807) is 13.3 Å². The number of nitrogens with zero attached hydrogens (tertiary/aromatic N) is 1. The first-order chi connectivity index (χ1) is 10.2. The number of methoxy groups -OCH3 is 1. The maximum Gasteiger partial charge on any atom is 0.497 e. The molecule has 3 rings (SSSR count). The van der Waals surface area contributed by atoms with Gasteiger partial charge < -0.3 is 14.0 Å². The normalized spacial score (nSPS) is 19.6. The van der Waals surface area contributed by atoms with Crippen LogP contribution in [-0.4, -0.2) is 30.4 Å². The largest absolute Gasteiger partial charge is 0.497 e. The Hall–Kier alpha value is -1.59. The lowest BCUT2D eigenvalue weighted by Crippen LogP contribution is -2.41. The van der Waals surface area contributed by atoms with Gasteiger partial charge in [0.15, 0.2) is 0 Å². The molecule has 0 spiro atoms. The summed E-state index contributed by atoms with van der Waals surface area (Å²) in [7, 11) is 1.24. The molecule has 22 heavy (non-hydrogen) atoms. The van der Waals surface area contributed by atoms with Crippen LogP contribution in [0.15, 0.2) is 24.4 Å². The highest BCUT2D eigenvalue weighted by molar-refractivity contribution is 6.65. The van der Waals surface area contributed by atoms with E-state index in [4.69, 9.17) is 14.0 Å². The van der Waals surface area contributed by atoms with Crippen molar-refractivity contribution in [1.29, 1.82) is 0 Å². The Morgan fingerprint density at radius 1 is 1.05 bits per heavy atom. The summed E-state index contributed by atoms with van der Waals surface area (Å²) < 4.78 is 17.6. The van der Waals surface area contributed by atoms with Crippen molar-refractivity contribution in [2.24, 2.45) is 0 Å². The van der Waals surface area contributed by atoms with Crippen molar-refractivity contribution in [3.63, 3.8) is 0 Å². The second-order valence-electron chi connectivity index (χ2n) is 6.89. The first-order valence-electron chi connectivity index (χ1n) is 7.53. The third-order valence-corrected chi connectivity index (χ3v) is 4.67. The van der Waals surface area contributed by atoms with Crippen LogP contribution in [0.5, 0.6) is 5.75 Å². The molecule has 0 saturated carbocycles. The van der Waals surface area contributed by atoms with Gasteiger partial charge in [0.05, 0.1) is 30.0 Å². The molecule has 1 aliphatic rings. The van der Waals surface area contributed by atoms with E-state index in [1.807, 2.05) is 6.07 Å². The molecular weight excluding hydrogens is 277 g/mol. The predicted octanol–water partition coefficient (Wildman–Crippen LogP) is 2.85. The van der Waals surface area contributed by atoms with Crippen LogP contribution in [-0.2, 0) is 9.31 Å². The van der Waals surface area contributed by atoms with Gasteiger partial charge in [0.2, 0.25) is 0 Å². The molecule has 1 aromatic carbocycles. The lowest BCUT2D eigenvalue weighted by Gasteiger charge is -2.32. The highest BCUT2D eigenvalue weighted by atomic mass is 16.7. The number of pyridine rings is 1. The van der Waals surface area contributed by atoms with Crippen LogP contribution in [0.2, 0.25) is 0 Å². The summed E-state index contributed by atoms with van der Waals surface area (Å²) in [5, 5.41) is 1.03. The first kappa shape index (κ1) is 15.3. The molecule has 1 fully saturated rings. The van der Waals surface area contributed by atoms with E-state index in [2.05, 4.69) is 51.7 Å². The second-order valence-corrected chi connectivity index (χ2v) is 6.89. The SMILES string of the molecule is COc1cnc2c(B3OC(C)(C)C(C)(C)O3)cc(C)cc2c1. The van der Waals surface area contributed by atoms with Gasteiger partial charge in [-0.1, -0.05) is 11.6 Å². The van der Waals surface area contributed by atoms with Crippen LogP contribution >= 0.6 is 0 Å². The van der Waals surface area contributed by atoms with Crippen LogP contribution in [0.25, 0.3) is 10.9 Å². The number of fused-ring (bicyclic) bond motifs is 1. The summed E-state index contributed by atoms with van der Waals surface area (Å²) in [6, 6.07) is 6.17. The molecule has 4 nitrogen and oxygen atoms in total. The summed E-state index contributed by atoms with van der Waals surface area (Å²) in [5.74, 6) is 0.748. The van der Waals surface area contributed by atoms with Crippen LogP contribution in [0.1, 0.15) is 33.3 Å². The molecule has 0 atom stereocenters. The summed E-state index contributed by atoms with van der Waals surface area (Å²) in [6.45, 7) is 10.3. The van der Waals surface area contributed by atoms with Crippen LogP contribution in [0.4, 0.5) is 0 Å². The van der Waals surface area contributed by atoms with Crippen molar-refractivity contribution in [3.05, 3.63) is 30.0 Å². The van der Waals surface area contributed by atoms with Gasteiger partial charge >= 0.3 is 7.12 Å². The molecule has 0 amide bonds. The Kier molecular flexibility index (Phi) is 3.46. The van der Waals surface area contributed by atoms with Gasteiger partial charge in [-0.2, -0.15) is 0 Å². The summed E-state index contributed by atoms with van der Waals surface area (Å²) >= 11 is 0. The van der Waals surface area contributed by atoms with Crippen molar-refractivity contribution < 1.29 is 14.0 Å². The molecule has 5 heteroatoms. The summed E-state index contributed by atoms with van der Waals surface area (Å²) in [4.78, 5) is 4.55. The van der Waals surface area contributed by atoms with Crippen molar-refractivity contribution >= 4 is 23.5 Å². The van der Waals surface area contributed by atoms with E-state index >= 15 is 0 Å². The van der Waals surface area contributed by atoms with Gasteiger partial charge in [-0.25, -0.2) is 0 Å². The Morgan fingerprint density at radius 3 is 2.27 bits per heavy atom. The van der Waals surface area contributed by atoms with E-state index in [-0.39, 0.29) is 11.2 Å². The minimum absolute atomic E-state index is 0.361. The van der Waals surface area contributed by atoms with Crippen LogP contribution in [0.3, 0.4) is 0 Å². The number of ether oxygens (including phenoxy) is 1. The number of hydrogen-bond donors (Lipinski definition) is 0. The molecule has 1 aliphatic heterocycles. The Balaban J connectivity index is 2.12. The molecule has 0 radical (unpaired) electrons. The third-order valence-electron chi connectivity index (χ3n) is 4.67. The maximum absolute atomic E-state index is 6.18. The summed E-state index contributed by atoms with van der Waals surface area (Å²) in [6.07, 6.45) is 1.73. The minimum Gasteiger partial charge on any atom is -0.495 e. The van der Waals surface area contributed by atoms with Gasteiger partial charge in [-0.05, 0) is 46.8 Å². The van der Waals surface area contributed by atoms with Crippen molar-refractivity contribution in [3.8, 4) is 5.75 Å². The highest BCUT2D eigenvalue weighted by Gasteiger charge is 2.52. The fourth-order valence-electron chi connectivity index (χ4n) is 2.67. The summed E-state index contributed by atoms with van der Waals surface area (Å²) in [5.41, 5.74) is 2.29. The Labute approximate surface area is 131 Å². The zero-order valence-corrected chi connectivity index (χ0v) is 14.1. The lowest BCUT2D eigenvalue weighted by molar-refractivity contribution is 0.00578. The average Bonchev–Trinajstić information content (AvgIpc) is 2.65. The van der Waals surface area contributed by atoms with Gasteiger partial charge in [0, 0.05) is 10.8 Å². The van der Waals surface area contributed by atoms with E-state index in [9.17, 15) is 0 Å². The second kappa shape index (κ2) is 4.96. The third kappa shape index (κ3) is 2.38. The van der Waals surface area contributed by atoms with Gasteiger partial charge in [0.1, 0.15) is 5.75 Å². The fourth-order valence-corrected chi connectivity index (χ4v) is 2.67. The number of aromatic nitrogens is 1. The zero-order valence-electron chi connectivity index (χ0n) is 14.1. The minimum atomic E-state index is -0.409. The van der Waals surface area contributed by atoms with Gasteiger partial charge in [-0.3, -0.25) is 4.98 Å². The molecular formula is C17H22BNO3. The topological polar surface area (TPSA) is 40.6 Å². The molecule has 2 aromatic rings. The zero-order chi connectivity index (χ0) is 16.1. The number of benzene rings is 1. The van der Waals surface area contributed by atoms with Crippen molar-refractivity contribution in [2.45, 2.75) is 45.8 Å². The fraction of sp³-hybridized carbons (Fsp3) is 0.471. The average molecular weight is 299 g/mol. The van der Waals surface area contributed by atoms with E-state index < -0.39 is 7.12 Å². The van der Waals surface area contributed by atoms with Gasteiger partial charge in [-0.15, -0.1) is 0 Å². The Morgan fingerprint density at radius 2 is 1.68 bits per heavy atom. The number of hydrogen-bond acceptors (Lipinski definition) is 4. The van der Waals surface area contributed by atoms with Crippen molar-refractivity contribution in [2.75, 3.05) is 7.11 Å². The molecule has 116 valence electrons. The molecule has 2 heterocycles. The van der Waals surface area contributed by atoms with Gasteiger partial charge in [0.25, 0.3) is 0 Å². The number of aryl methyl sites for hydroxylation is 1. The molecule has 0 N–H and O–H groups in total. The predicted molar refractivity (Wildman–Crippen MR) is 88.7 cm³/mol. The maximum atomic E-state index is 6.18. The molecule has 0 unspecified atom stereocenters. The molecule has 0 bridgehead atoms. The quantitative estimate of drug-likeness (QED) is 0.800. The molecule has 0 aliphatic carbocycles. The van der Waals surface area contributed by atoms with Crippen LogP contribution in [0, 0.1) is 6.92 Å². The van der Waals surface area contributed by atoms with Crippen LogP contribution < -0.4 is 10.2 Å². The van der Waals surface area contributed by atoms with Crippen molar-refractivity contribution in [1.82, 2.24) is 4.98 Å². The standard InChI is InChI=1S/C17H22BNO3/c1-11-7-12-9-13(20-6)10-19-15(12)14(8-11)18-21-16(2,3)17(4,5)22-18/h7-10H,1-6H3. The van der Waals surface area contributed by atoms with E-state index in [0.717, 1.165) is 27.7 Å². The van der Waals surface area contributed by atoms with E-state index in [1.165, 1.54) is 0 Å². The molecule has 1 aromatic heterocycles. The Bertz CT molecular complexity index is 711. The van der Waals surface area contributed by atoms with E-state index in [0.29, 0.717) is 0 Å². The monoisotopic (exact) mass is 299 g/mol. The number of rotatable bonds is 2. The molecule has 1 saturated heterocycles. The highest BCUT2D eigenvalue weighted by Crippen LogP contribution is 2.37. The smallest absolute Gasteiger partial charge is 0.495 e. The first-order valence-corrected chi connectivity index (χ1v) is 7.53.